The predicted molar refractivity (Wildman–Crippen MR) is 78.9 cm³/mol. The molecule has 1 rings (SSSR count). The third-order valence-corrected chi connectivity index (χ3v) is 2.63. The fraction of sp³-hybridized carbons (Fsp3) is 0.357. The smallest absolute Gasteiger partial charge is 0.421 e. The van der Waals surface area contributed by atoms with Gasteiger partial charge in [-0.2, -0.15) is 0 Å². The maximum absolute atomic E-state index is 11.3. The zero-order chi connectivity index (χ0) is 13.6. The van der Waals surface area contributed by atoms with E-state index in [0.717, 1.165) is 0 Å². The second-order valence-electron chi connectivity index (χ2n) is 4.69. The molecule has 0 aliphatic carbocycles. The van der Waals surface area contributed by atoms with Gasteiger partial charge in [0.2, 0.25) is 0 Å². The zero-order valence-corrected chi connectivity index (χ0v) is 12.8. The maximum Gasteiger partial charge on any atom is 0.514 e. The topological polar surface area (TPSA) is 35.5 Å². The minimum Gasteiger partial charge on any atom is -0.421 e. The van der Waals surface area contributed by atoms with E-state index in [1.807, 2.05) is 34.7 Å². The number of benzene rings is 1. The summed E-state index contributed by atoms with van der Waals surface area (Å²) in [5.41, 5.74) is 1.26. The van der Waals surface area contributed by atoms with Gasteiger partial charge in [-0.3, -0.25) is 0 Å². The van der Waals surface area contributed by atoms with Crippen molar-refractivity contribution < 1.29 is 14.3 Å². The minimum atomic E-state index is -0.738. The number of halogens is 1. The molecule has 1 aromatic carbocycles. The van der Waals surface area contributed by atoms with Gasteiger partial charge in [0.1, 0.15) is 5.75 Å². The summed E-state index contributed by atoms with van der Waals surface area (Å²) in [6, 6.07) is 7.39. The molecule has 0 bridgehead atoms. The molecule has 0 N–H and O–H groups in total. The van der Waals surface area contributed by atoms with Crippen LogP contribution in [0, 0.1) is 9.85 Å². The van der Waals surface area contributed by atoms with Crippen LogP contribution in [0.5, 0.6) is 5.75 Å². The van der Waals surface area contributed by atoms with Gasteiger partial charge in [-0.15, -0.1) is 0 Å². The van der Waals surface area contributed by atoms with Crippen LogP contribution >= 0.6 is 22.6 Å². The molecule has 0 saturated carbocycles. The summed E-state index contributed by atoms with van der Waals surface area (Å²) in [5, 5.41) is 0. The summed E-state index contributed by atoms with van der Waals surface area (Å²) in [4.78, 5) is 11.3. The Balaban J connectivity index is 2.58. The van der Waals surface area contributed by atoms with E-state index in [1.54, 1.807) is 12.1 Å². The van der Waals surface area contributed by atoms with E-state index in [2.05, 4.69) is 30.6 Å². The van der Waals surface area contributed by atoms with Crippen LogP contribution in [0.15, 0.2) is 24.3 Å². The van der Waals surface area contributed by atoms with E-state index in [1.165, 1.54) is 5.56 Å². The number of carbonyl (C=O) groups is 1. The molecule has 0 heterocycles. The Labute approximate surface area is 121 Å². The maximum atomic E-state index is 11.3. The molecule has 0 fully saturated rings. The van der Waals surface area contributed by atoms with Gasteiger partial charge in [0, 0.05) is 22.6 Å². The lowest BCUT2D eigenvalue weighted by Crippen LogP contribution is -2.12. The molecule has 4 heteroatoms. The summed E-state index contributed by atoms with van der Waals surface area (Å²) in [6.07, 6.45) is -0.738. The van der Waals surface area contributed by atoms with Gasteiger partial charge in [-0.25, -0.2) is 4.79 Å². The van der Waals surface area contributed by atoms with Gasteiger partial charge >= 0.3 is 6.16 Å². The molecule has 0 aliphatic heterocycles. The van der Waals surface area contributed by atoms with Crippen LogP contribution in [0.3, 0.4) is 0 Å². The molecule has 0 atom stereocenters. The van der Waals surface area contributed by atoms with Crippen molar-refractivity contribution in [3.8, 4) is 15.6 Å². The third-order valence-electron chi connectivity index (χ3n) is 2.25. The molecule has 18 heavy (non-hydrogen) atoms. The normalized spacial score (nSPS) is 10.2. The molecular formula is C14H15IO3. The minimum absolute atomic E-state index is 0.0435. The quantitative estimate of drug-likeness (QED) is 0.348. The van der Waals surface area contributed by atoms with E-state index in [-0.39, 0.29) is 12.0 Å². The Kier molecular flexibility index (Phi) is 5.48. The first-order chi connectivity index (χ1) is 8.43. The van der Waals surface area contributed by atoms with Gasteiger partial charge in [-0.05, 0) is 27.0 Å². The SMILES string of the molecule is CC(C)(C)c1ccc(OC(=O)OCC#CI)cc1. The fourth-order valence-corrected chi connectivity index (χ4v) is 1.43. The van der Waals surface area contributed by atoms with Crippen LogP contribution in [-0.2, 0) is 10.2 Å². The van der Waals surface area contributed by atoms with Crippen molar-refractivity contribution in [2.24, 2.45) is 0 Å². The van der Waals surface area contributed by atoms with Gasteiger partial charge in [0.25, 0.3) is 0 Å². The fourth-order valence-electron chi connectivity index (χ4n) is 1.27. The number of carbonyl (C=O) groups excluding carboxylic acids is 1. The van der Waals surface area contributed by atoms with Gasteiger partial charge < -0.3 is 9.47 Å². The van der Waals surface area contributed by atoms with E-state index in [4.69, 9.17) is 9.47 Å². The standard InChI is InChI=1S/C14H15IO3/c1-14(2,3)11-5-7-12(8-6-11)18-13(16)17-10-4-9-15/h5-8H,10H2,1-3H3. The predicted octanol–water partition coefficient (Wildman–Crippen LogP) is 3.90. The molecule has 96 valence electrons. The van der Waals surface area contributed by atoms with E-state index < -0.39 is 6.16 Å². The van der Waals surface area contributed by atoms with Crippen molar-refractivity contribution in [2.45, 2.75) is 26.2 Å². The number of ether oxygens (including phenoxy) is 2. The Bertz CT molecular complexity index is 461. The lowest BCUT2D eigenvalue weighted by atomic mass is 9.87. The van der Waals surface area contributed by atoms with Crippen LogP contribution in [0.25, 0.3) is 0 Å². The summed E-state index contributed by atoms with van der Waals surface area (Å²) >= 11 is 1.88. The van der Waals surface area contributed by atoms with Gasteiger partial charge in [0.05, 0.1) is 0 Å². The molecule has 0 spiro atoms. The lowest BCUT2D eigenvalue weighted by molar-refractivity contribution is 0.111. The molecule has 3 nitrogen and oxygen atoms in total. The highest BCUT2D eigenvalue weighted by Gasteiger charge is 2.13. The monoisotopic (exact) mass is 358 g/mol. The van der Waals surface area contributed by atoms with E-state index >= 15 is 0 Å². The number of hydrogen-bond acceptors (Lipinski definition) is 3. The average molecular weight is 358 g/mol. The van der Waals surface area contributed by atoms with Crippen LogP contribution < -0.4 is 4.74 Å². The average Bonchev–Trinajstić information content (AvgIpc) is 2.29. The molecular weight excluding hydrogens is 343 g/mol. The van der Waals surface area contributed by atoms with Crippen molar-refractivity contribution in [2.75, 3.05) is 6.61 Å². The Morgan fingerprint density at radius 2 is 1.89 bits per heavy atom. The van der Waals surface area contributed by atoms with Crippen molar-refractivity contribution in [3.05, 3.63) is 29.8 Å². The zero-order valence-electron chi connectivity index (χ0n) is 10.6. The summed E-state index contributed by atoms with van der Waals surface area (Å²) in [6.45, 7) is 6.42. The van der Waals surface area contributed by atoms with Crippen LogP contribution in [0.4, 0.5) is 4.79 Å². The van der Waals surface area contributed by atoms with Crippen molar-refractivity contribution in [1.82, 2.24) is 0 Å². The highest BCUT2D eigenvalue weighted by molar-refractivity contribution is 14.1. The summed E-state index contributed by atoms with van der Waals surface area (Å²) in [5.74, 6) is 3.08. The lowest BCUT2D eigenvalue weighted by Gasteiger charge is -2.18. The Morgan fingerprint density at radius 1 is 1.28 bits per heavy atom. The van der Waals surface area contributed by atoms with Gasteiger partial charge in [0.15, 0.2) is 6.61 Å². The second-order valence-corrected chi connectivity index (χ2v) is 5.23. The van der Waals surface area contributed by atoms with Crippen LogP contribution in [0.1, 0.15) is 26.3 Å². The number of hydrogen-bond donors (Lipinski definition) is 0. The molecule has 0 saturated heterocycles. The second kappa shape index (κ2) is 6.64. The Hall–Kier alpha value is -1.22. The third kappa shape index (κ3) is 4.96. The van der Waals surface area contributed by atoms with E-state index in [0.29, 0.717) is 5.75 Å². The van der Waals surface area contributed by atoms with Gasteiger partial charge in [-0.1, -0.05) is 38.8 Å². The molecule has 0 amide bonds. The van der Waals surface area contributed by atoms with E-state index in [9.17, 15) is 4.79 Å². The largest absolute Gasteiger partial charge is 0.514 e. The Morgan fingerprint density at radius 3 is 2.39 bits per heavy atom. The number of rotatable bonds is 2. The summed E-state index contributed by atoms with van der Waals surface area (Å²) in [7, 11) is 0. The highest BCUT2D eigenvalue weighted by Crippen LogP contribution is 2.24. The van der Waals surface area contributed by atoms with Crippen LogP contribution in [-0.4, -0.2) is 12.8 Å². The molecule has 0 unspecified atom stereocenters. The first-order valence-electron chi connectivity index (χ1n) is 5.47. The van der Waals surface area contributed by atoms with Crippen LogP contribution in [0.2, 0.25) is 0 Å². The first-order valence-corrected chi connectivity index (χ1v) is 6.55. The first kappa shape index (κ1) is 14.8. The molecule has 0 aliphatic rings. The molecule has 1 aromatic rings. The molecule has 0 radical (unpaired) electrons. The van der Waals surface area contributed by atoms with Crippen molar-refractivity contribution in [3.63, 3.8) is 0 Å². The highest BCUT2D eigenvalue weighted by atomic mass is 127. The summed E-state index contributed by atoms with van der Waals surface area (Å²) < 4.78 is 12.3. The molecule has 0 aromatic heterocycles. The van der Waals surface area contributed by atoms with Crippen molar-refractivity contribution >= 4 is 28.7 Å². The van der Waals surface area contributed by atoms with Crippen molar-refractivity contribution in [1.29, 1.82) is 0 Å².